The predicted octanol–water partition coefficient (Wildman–Crippen LogP) is 2.74. The first-order chi connectivity index (χ1) is 16.0. The van der Waals surface area contributed by atoms with E-state index in [4.69, 9.17) is 4.74 Å². The van der Waals surface area contributed by atoms with Gasteiger partial charge in [0.1, 0.15) is 0 Å². The maximum absolute atomic E-state index is 15.1. The van der Waals surface area contributed by atoms with Crippen LogP contribution in [0.2, 0.25) is 0 Å². The monoisotopic (exact) mass is 456 g/mol. The number of benzene rings is 1. The van der Waals surface area contributed by atoms with Crippen molar-refractivity contribution in [3.63, 3.8) is 0 Å². The Kier molecular flexibility index (Phi) is 7.36. The molecule has 2 fully saturated rings. The third kappa shape index (κ3) is 5.96. The minimum absolute atomic E-state index is 0.0470. The zero-order valence-corrected chi connectivity index (χ0v) is 18.7. The molecule has 0 bridgehead atoms. The van der Waals surface area contributed by atoms with E-state index in [1.54, 1.807) is 30.5 Å². The molecule has 0 unspecified atom stereocenters. The largest absolute Gasteiger partial charge is 0.378 e. The number of carbonyl (C=O) groups is 2. The van der Waals surface area contributed by atoms with E-state index in [9.17, 15) is 9.59 Å². The third-order valence-corrected chi connectivity index (χ3v) is 5.80. The number of nitrogens with zero attached hydrogens (tertiary/aromatic N) is 4. The molecule has 1 aromatic carbocycles. The Balaban J connectivity index is 1.30. The number of rotatable bonds is 4. The summed E-state index contributed by atoms with van der Waals surface area (Å²) < 4.78 is 20.4. The van der Waals surface area contributed by atoms with Gasteiger partial charge in [-0.05, 0) is 25.1 Å². The quantitative estimate of drug-likeness (QED) is 0.739. The zero-order chi connectivity index (χ0) is 23.2. The molecule has 33 heavy (non-hydrogen) atoms. The summed E-state index contributed by atoms with van der Waals surface area (Å²) in [5.74, 6) is -0.453. The number of aromatic nitrogens is 1. The lowest BCUT2D eigenvalue weighted by Gasteiger charge is -2.38. The normalized spacial score (nSPS) is 17.0. The lowest BCUT2D eigenvalue weighted by Crippen LogP contribution is -2.54. The van der Waals surface area contributed by atoms with Gasteiger partial charge in [0.25, 0.3) is 0 Å². The number of hydrogen-bond acceptors (Lipinski definition) is 5. The van der Waals surface area contributed by atoms with Gasteiger partial charge < -0.3 is 25.2 Å². The van der Waals surface area contributed by atoms with Gasteiger partial charge >= 0.3 is 12.1 Å². The Bertz CT molecular complexity index is 990. The van der Waals surface area contributed by atoms with Gasteiger partial charge in [-0.15, -0.1) is 0 Å². The molecule has 3 heterocycles. The lowest BCUT2D eigenvalue weighted by atomic mass is 10.1. The molecule has 0 spiro atoms. The van der Waals surface area contributed by atoms with E-state index in [1.165, 1.54) is 6.07 Å². The molecule has 2 N–H and O–H groups in total. The Labute approximate surface area is 192 Å². The summed E-state index contributed by atoms with van der Waals surface area (Å²) in [6, 6.07) is 7.91. The molecule has 2 aliphatic heterocycles. The van der Waals surface area contributed by atoms with Gasteiger partial charge in [-0.25, -0.2) is 14.0 Å². The van der Waals surface area contributed by atoms with Gasteiger partial charge in [-0.3, -0.25) is 9.88 Å². The number of hydrogen-bond donors (Lipinski definition) is 2. The highest BCUT2D eigenvalue weighted by Crippen LogP contribution is 2.21. The molecule has 2 aliphatic rings. The van der Waals surface area contributed by atoms with Gasteiger partial charge in [0.15, 0.2) is 5.82 Å². The number of pyridine rings is 1. The predicted molar refractivity (Wildman–Crippen MR) is 123 cm³/mol. The smallest absolute Gasteiger partial charge is 0.323 e. The summed E-state index contributed by atoms with van der Waals surface area (Å²) in [7, 11) is 0. The average molecular weight is 457 g/mol. The van der Waals surface area contributed by atoms with Gasteiger partial charge in [-0.1, -0.05) is 12.1 Å². The van der Waals surface area contributed by atoms with E-state index in [1.807, 2.05) is 16.7 Å². The van der Waals surface area contributed by atoms with Crippen LogP contribution in [0.1, 0.15) is 11.3 Å². The molecule has 0 radical (unpaired) electrons. The highest BCUT2D eigenvalue weighted by Gasteiger charge is 2.26. The molecule has 4 amide bonds. The molecule has 0 saturated carbocycles. The first-order valence-electron chi connectivity index (χ1n) is 11.1. The fraction of sp³-hybridized carbons (Fsp3) is 0.435. The number of carbonyl (C=O) groups excluding carboxylic acids is 2. The van der Waals surface area contributed by atoms with Crippen molar-refractivity contribution in [1.82, 2.24) is 19.7 Å². The maximum atomic E-state index is 15.1. The number of amides is 4. The fourth-order valence-corrected chi connectivity index (χ4v) is 4.00. The minimum atomic E-state index is -0.521. The van der Waals surface area contributed by atoms with Crippen molar-refractivity contribution in [2.24, 2.45) is 0 Å². The van der Waals surface area contributed by atoms with E-state index >= 15 is 4.39 Å². The van der Waals surface area contributed by atoms with Crippen LogP contribution < -0.4 is 10.6 Å². The topological polar surface area (TPSA) is 90.0 Å². The van der Waals surface area contributed by atoms with E-state index in [0.717, 1.165) is 5.69 Å². The van der Waals surface area contributed by atoms with Crippen LogP contribution in [0.25, 0.3) is 0 Å². The summed E-state index contributed by atoms with van der Waals surface area (Å²) in [6.45, 7) is 7.16. The number of urea groups is 2. The standard InChI is InChI=1S/C23H29FN6O3/c1-17-15-19(5-6-25-17)26-22(31)27-20-4-2-3-18(21(20)24)16-28-7-9-29(10-8-28)23(32)30-11-13-33-14-12-30/h2-6,15H,7-14,16H2,1H3,(H2,25,26,27,31). The summed E-state index contributed by atoms with van der Waals surface area (Å²) >= 11 is 0. The lowest BCUT2D eigenvalue weighted by molar-refractivity contribution is 0.0372. The number of aryl methyl sites for hydroxylation is 1. The van der Waals surface area contributed by atoms with Gasteiger partial charge in [0.2, 0.25) is 0 Å². The molecule has 0 aliphatic carbocycles. The molecule has 2 saturated heterocycles. The summed E-state index contributed by atoms with van der Waals surface area (Å²) in [4.78, 5) is 34.8. The molecule has 0 atom stereocenters. The number of piperazine rings is 1. The minimum Gasteiger partial charge on any atom is -0.378 e. The molecular weight excluding hydrogens is 427 g/mol. The van der Waals surface area contributed by atoms with Crippen LogP contribution in [0.5, 0.6) is 0 Å². The van der Waals surface area contributed by atoms with Gasteiger partial charge in [0.05, 0.1) is 18.9 Å². The molecule has 1 aromatic heterocycles. The summed E-state index contributed by atoms with van der Waals surface area (Å²) in [6.07, 6.45) is 1.60. The van der Waals surface area contributed by atoms with Crippen molar-refractivity contribution in [2.75, 3.05) is 63.1 Å². The number of ether oxygens (including phenoxy) is 1. The van der Waals surface area contributed by atoms with E-state index in [2.05, 4.69) is 20.5 Å². The van der Waals surface area contributed by atoms with Crippen molar-refractivity contribution in [3.05, 3.63) is 53.6 Å². The first kappa shape index (κ1) is 22.9. The Hall–Kier alpha value is -3.24. The molecule has 10 heteroatoms. The van der Waals surface area contributed by atoms with Crippen LogP contribution in [0.3, 0.4) is 0 Å². The van der Waals surface area contributed by atoms with Crippen molar-refractivity contribution in [3.8, 4) is 0 Å². The summed E-state index contributed by atoms with van der Waals surface area (Å²) in [5, 5.41) is 5.27. The molecule has 4 rings (SSSR count). The van der Waals surface area contributed by atoms with E-state index in [0.29, 0.717) is 70.3 Å². The van der Waals surface area contributed by atoms with E-state index in [-0.39, 0.29) is 11.7 Å². The van der Waals surface area contributed by atoms with Crippen LogP contribution in [-0.4, -0.2) is 84.2 Å². The van der Waals surface area contributed by atoms with Gasteiger partial charge in [-0.2, -0.15) is 0 Å². The highest BCUT2D eigenvalue weighted by molar-refractivity contribution is 5.99. The van der Waals surface area contributed by atoms with Crippen LogP contribution in [0, 0.1) is 12.7 Å². The Morgan fingerprint density at radius 1 is 1.03 bits per heavy atom. The number of nitrogens with one attached hydrogen (secondary N) is 2. The number of morpholine rings is 1. The molecular formula is C23H29FN6O3. The number of halogens is 1. The van der Waals surface area contributed by atoms with Crippen LogP contribution in [-0.2, 0) is 11.3 Å². The second-order valence-corrected chi connectivity index (χ2v) is 8.19. The number of anilines is 2. The van der Waals surface area contributed by atoms with Gasteiger partial charge in [0, 0.05) is 69.0 Å². The zero-order valence-electron chi connectivity index (χ0n) is 18.7. The highest BCUT2D eigenvalue weighted by atomic mass is 19.1. The molecule has 176 valence electrons. The maximum Gasteiger partial charge on any atom is 0.323 e. The van der Waals surface area contributed by atoms with Crippen molar-refractivity contribution >= 4 is 23.4 Å². The second kappa shape index (κ2) is 10.6. The first-order valence-corrected chi connectivity index (χ1v) is 11.1. The molecule has 9 nitrogen and oxygen atoms in total. The van der Waals surface area contributed by atoms with Crippen molar-refractivity contribution in [1.29, 1.82) is 0 Å². The SMILES string of the molecule is Cc1cc(NC(=O)Nc2cccc(CN3CCN(C(=O)N4CCOCC4)CC3)c2F)ccn1. The third-order valence-electron chi connectivity index (χ3n) is 5.80. The van der Waals surface area contributed by atoms with Crippen molar-refractivity contribution < 1.29 is 18.7 Å². The fourth-order valence-electron chi connectivity index (χ4n) is 4.00. The Morgan fingerprint density at radius 3 is 2.48 bits per heavy atom. The Morgan fingerprint density at radius 2 is 1.76 bits per heavy atom. The van der Waals surface area contributed by atoms with Crippen LogP contribution in [0.15, 0.2) is 36.5 Å². The average Bonchev–Trinajstić information content (AvgIpc) is 2.82. The van der Waals surface area contributed by atoms with Crippen molar-refractivity contribution in [2.45, 2.75) is 13.5 Å². The summed E-state index contributed by atoms with van der Waals surface area (Å²) in [5.41, 5.74) is 1.98. The van der Waals surface area contributed by atoms with Crippen LogP contribution in [0.4, 0.5) is 25.4 Å². The second-order valence-electron chi connectivity index (χ2n) is 8.19. The van der Waals surface area contributed by atoms with Crippen LogP contribution >= 0.6 is 0 Å². The molecule has 2 aromatic rings. The van der Waals surface area contributed by atoms with E-state index < -0.39 is 11.8 Å².